The lowest BCUT2D eigenvalue weighted by Crippen LogP contribution is -2.40. The quantitative estimate of drug-likeness (QED) is 0.0824. The minimum atomic E-state index is -1.19. The van der Waals surface area contributed by atoms with E-state index in [2.05, 4.69) is 83.1 Å². The highest BCUT2D eigenvalue weighted by atomic mass is 16.5. The summed E-state index contributed by atoms with van der Waals surface area (Å²) in [6.07, 6.45) is 30.6. The SMILES string of the molecule is CCC=CCC=CCC=CCC=CCC=CCCCC(=O)NCCC[C@H](NC(=O)C=CC(=O)OC)C(=O)O. The van der Waals surface area contributed by atoms with Gasteiger partial charge in [-0.3, -0.25) is 9.59 Å². The highest BCUT2D eigenvalue weighted by Crippen LogP contribution is 2.01. The summed E-state index contributed by atoms with van der Waals surface area (Å²) in [4.78, 5) is 45.9. The third-order valence-electron chi connectivity index (χ3n) is 5.11. The monoisotopic (exact) mass is 528 g/mol. The van der Waals surface area contributed by atoms with Crippen LogP contribution in [0.5, 0.6) is 0 Å². The predicted octanol–water partition coefficient (Wildman–Crippen LogP) is 5.10. The topological polar surface area (TPSA) is 122 Å². The van der Waals surface area contributed by atoms with Gasteiger partial charge >= 0.3 is 11.9 Å². The third kappa shape index (κ3) is 22.8. The number of carboxylic acids is 1. The molecule has 1 atom stereocenters. The molecule has 0 aromatic rings. The van der Waals surface area contributed by atoms with Gasteiger partial charge in [-0.2, -0.15) is 0 Å². The first-order valence-electron chi connectivity index (χ1n) is 13.2. The molecule has 0 radical (unpaired) electrons. The van der Waals surface area contributed by atoms with E-state index >= 15 is 0 Å². The molecule has 0 aliphatic carbocycles. The molecule has 0 fully saturated rings. The number of methoxy groups -OCH3 is 1. The number of hydrogen-bond acceptors (Lipinski definition) is 5. The van der Waals surface area contributed by atoms with Crippen LogP contribution in [0.3, 0.4) is 0 Å². The lowest BCUT2D eigenvalue weighted by atomic mass is 10.1. The van der Waals surface area contributed by atoms with E-state index in [0.29, 0.717) is 19.4 Å². The first-order valence-corrected chi connectivity index (χ1v) is 13.2. The van der Waals surface area contributed by atoms with Crippen molar-refractivity contribution in [3.63, 3.8) is 0 Å². The number of rotatable bonds is 21. The van der Waals surface area contributed by atoms with Gasteiger partial charge in [0.05, 0.1) is 7.11 Å². The van der Waals surface area contributed by atoms with Gasteiger partial charge < -0.3 is 20.5 Å². The largest absolute Gasteiger partial charge is 0.480 e. The molecule has 0 saturated heterocycles. The Morgan fingerprint density at radius 3 is 1.87 bits per heavy atom. The van der Waals surface area contributed by atoms with E-state index < -0.39 is 23.9 Å². The molecule has 38 heavy (non-hydrogen) atoms. The van der Waals surface area contributed by atoms with E-state index in [1.54, 1.807) is 0 Å². The van der Waals surface area contributed by atoms with Crippen molar-refractivity contribution < 1.29 is 29.0 Å². The van der Waals surface area contributed by atoms with E-state index in [9.17, 15) is 24.3 Å². The van der Waals surface area contributed by atoms with E-state index in [4.69, 9.17) is 0 Å². The molecule has 0 aromatic heterocycles. The van der Waals surface area contributed by atoms with Crippen LogP contribution in [0.25, 0.3) is 0 Å². The molecule has 3 N–H and O–H groups in total. The van der Waals surface area contributed by atoms with Crippen LogP contribution < -0.4 is 10.6 Å². The van der Waals surface area contributed by atoms with Crippen molar-refractivity contribution in [3.8, 4) is 0 Å². The molecule has 0 aliphatic heterocycles. The zero-order valence-electron chi connectivity index (χ0n) is 22.8. The van der Waals surface area contributed by atoms with Crippen LogP contribution >= 0.6 is 0 Å². The van der Waals surface area contributed by atoms with Crippen LogP contribution in [0.1, 0.15) is 71.1 Å². The molecular formula is C30H44N2O6. The molecule has 0 heterocycles. The van der Waals surface area contributed by atoms with Gasteiger partial charge in [0.2, 0.25) is 11.8 Å². The molecule has 0 rings (SSSR count). The number of carboxylic acid groups (broad SMARTS) is 1. The molecule has 0 aromatic carbocycles. The Labute approximate surface area is 227 Å². The van der Waals surface area contributed by atoms with Crippen LogP contribution in [-0.4, -0.2) is 48.6 Å². The van der Waals surface area contributed by atoms with Gasteiger partial charge in [0.15, 0.2) is 0 Å². The van der Waals surface area contributed by atoms with Gasteiger partial charge in [-0.25, -0.2) is 9.59 Å². The maximum Gasteiger partial charge on any atom is 0.330 e. The average molecular weight is 529 g/mol. The normalized spacial score (nSPS) is 12.9. The summed E-state index contributed by atoms with van der Waals surface area (Å²) in [5.74, 6) is -2.69. The summed E-state index contributed by atoms with van der Waals surface area (Å²) >= 11 is 0. The number of hydrogen-bond donors (Lipinski definition) is 3. The fourth-order valence-electron chi connectivity index (χ4n) is 3.06. The van der Waals surface area contributed by atoms with Crippen molar-refractivity contribution in [3.05, 3.63) is 72.9 Å². The van der Waals surface area contributed by atoms with Crippen molar-refractivity contribution in [2.24, 2.45) is 0 Å². The molecule has 8 heteroatoms. The minimum Gasteiger partial charge on any atom is -0.480 e. The molecule has 0 spiro atoms. The lowest BCUT2D eigenvalue weighted by molar-refractivity contribution is -0.141. The molecular weight excluding hydrogens is 484 g/mol. The summed E-state index contributed by atoms with van der Waals surface area (Å²) in [5.41, 5.74) is 0. The Morgan fingerprint density at radius 1 is 0.789 bits per heavy atom. The fraction of sp³-hybridized carbons (Fsp3) is 0.467. The Morgan fingerprint density at radius 2 is 1.34 bits per heavy atom. The van der Waals surface area contributed by atoms with E-state index in [0.717, 1.165) is 57.1 Å². The Hall–Kier alpha value is -3.68. The van der Waals surface area contributed by atoms with Crippen molar-refractivity contribution in [1.29, 1.82) is 0 Å². The molecule has 0 aliphatic rings. The van der Waals surface area contributed by atoms with Crippen LogP contribution in [0.2, 0.25) is 0 Å². The second kappa shape index (κ2) is 25.0. The van der Waals surface area contributed by atoms with E-state index in [-0.39, 0.29) is 12.3 Å². The maximum atomic E-state index is 11.9. The van der Waals surface area contributed by atoms with Gasteiger partial charge in [-0.05, 0) is 57.8 Å². The summed E-state index contributed by atoms with van der Waals surface area (Å²) < 4.78 is 4.37. The highest BCUT2D eigenvalue weighted by Gasteiger charge is 2.18. The second-order valence-electron chi connectivity index (χ2n) is 8.35. The van der Waals surface area contributed by atoms with Gasteiger partial charge in [0, 0.05) is 25.1 Å². The highest BCUT2D eigenvalue weighted by molar-refractivity contribution is 5.96. The molecule has 0 saturated carbocycles. The number of aliphatic carboxylic acids is 1. The second-order valence-corrected chi connectivity index (χ2v) is 8.35. The van der Waals surface area contributed by atoms with Crippen molar-refractivity contribution >= 4 is 23.8 Å². The predicted molar refractivity (Wildman–Crippen MR) is 151 cm³/mol. The molecule has 0 unspecified atom stereocenters. The Kier molecular flexibility index (Phi) is 22.6. The average Bonchev–Trinajstić information content (AvgIpc) is 2.90. The van der Waals surface area contributed by atoms with Gasteiger partial charge in [-0.15, -0.1) is 0 Å². The van der Waals surface area contributed by atoms with Crippen LogP contribution in [0.15, 0.2) is 72.9 Å². The number of unbranched alkanes of at least 4 members (excludes halogenated alkanes) is 1. The number of carbonyl (C=O) groups excluding carboxylic acids is 3. The van der Waals surface area contributed by atoms with Crippen LogP contribution in [0.4, 0.5) is 0 Å². The fourth-order valence-corrected chi connectivity index (χ4v) is 3.06. The van der Waals surface area contributed by atoms with Crippen LogP contribution in [0, 0.1) is 0 Å². The smallest absolute Gasteiger partial charge is 0.330 e. The summed E-state index contributed by atoms with van der Waals surface area (Å²) in [5, 5.41) is 14.3. The zero-order chi connectivity index (χ0) is 28.3. The molecule has 2 amide bonds. The number of esters is 1. The Balaban J connectivity index is 3.87. The first-order chi connectivity index (χ1) is 18.4. The summed E-state index contributed by atoms with van der Waals surface area (Å²) in [7, 11) is 1.17. The number of nitrogens with one attached hydrogen (secondary N) is 2. The van der Waals surface area contributed by atoms with Gasteiger partial charge in [0.25, 0.3) is 0 Å². The third-order valence-corrected chi connectivity index (χ3v) is 5.11. The van der Waals surface area contributed by atoms with E-state index in [1.165, 1.54) is 7.11 Å². The van der Waals surface area contributed by atoms with Crippen molar-refractivity contribution in [2.45, 2.75) is 77.2 Å². The Bertz CT molecular complexity index is 868. The zero-order valence-corrected chi connectivity index (χ0v) is 22.8. The standard InChI is InChI=1S/C30H44N2O6/c1-3-4-5-6-7-8-9-10-11-12-13-14-15-16-17-18-19-22-27(33)31-25-20-21-26(30(36)37)32-28(34)23-24-29(35)38-2/h4-5,7-8,10-11,13-14,16-17,23-24,26H,3,6,9,12,15,18-22,25H2,1-2H3,(H,31,33)(H,32,34)(H,36,37)/t26-/m0/s1. The first kappa shape index (κ1) is 34.3. The van der Waals surface area contributed by atoms with Crippen molar-refractivity contribution in [2.75, 3.05) is 13.7 Å². The number of ether oxygens (including phenoxy) is 1. The lowest BCUT2D eigenvalue weighted by Gasteiger charge is -2.13. The number of allylic oxidation sites excluding steroid dienone is 10. The molecule has 0 bridgehead atoms. The van der Waals surface area contributed by atoms with E-state index in [1.807, 2.05) is 0 Å². The van der Waals surface area contributed by atoms with Gasteiger partial charge in [-0.1, -0.05) is 67.7 Å². The van der Waals surface area contributed by atoms with Gasteiger partial charge in [0.1, 0.15) is 6.04 Å². The molecule has 210 valence electrons. The number of amides is 2. The maximum absolute atomic E-state index is 11.9. The minimum absolute atomic E-state index is 0.0886. The number of carbonyl (C=O) groups is 4. The summed E-state index contributed by atoms with van der Waals surface area (Å²) in [6, 6.07) is -1.11. The molecule has 8 nitrogen and oxygen atoms in total. The summed E-state index contributed by atoms with van der Waals surface area (Å²) in [6.45, 7) is 2.45. The van der Waals surface area contributed by atoms with Crippen molar-refractivity contribution in [1.82, 2.24) is 10.6 Å². The van der Waals surface area contributed by atoms with Crippen LogP contribution in [-0.2, 0) is 23.9 Å².